The second-order valence-corrected chi connectivity index (χ2v) is 11.5. The number of amides is 1. The van der Waals surface area contributed by atoms with Gasteiger partial charge < -0.3 is 9.30 Å². The van der Waals surface area contributed by atoms with E-state index in [0.29, 0.717) is 42.4 Å². The van der Waals surface area contributed by atoms with Crippen molar-refractivity contribution in [3.8, 4) is 0 Å². The number of thiazole rings is 1. The van der Waals surface area contributed by atoms with Gasteiger partial charge in [-0.1, -0.05) is 29.0 Å². The number of sulfonamides is 1. The van der Waals surface area contributed by atoms with Gasteiger partial charge in [0.1, 0.15) is 0 Å². The number of methoxy groups -OCH3 is 1. The fourth-order valence-corrected chi connectivity index (χ4v) is 6.78. The summed E-state index contributed by atoms with van der Waals surface area (Å²) in [5.74, 6) is -0.774. The van der Waals surface area contributed by atoms with Crippen LogP contribution in [-0.2, 0) is 26.1 Å². The predicted octanol–water partition coefficient (Wildman–Crippen LogP) is 3.84. The van der Waals surface area contributed by atoms with E-state index < -0.39 is 15.9 Å². The van der Waals surface area contributed by atoms with Crippen LogP contribution >= 0.6 is 22.9 Å². The van der Waals surface area contributed by atoms with E-state index in [1.54, 1.807) is 19.2 Å². The Morgan fingerprint density at radius 1 is 1.24 bits per heavy atom. The summed E-state index contributed by atoms with van der Waals surface area (Å²) in [5.41, 5.74) is 2.14. The third kappa shape index (κ3) is 5.22. The molecule has 1 atom stereocenters. The van der Waals surface area contributed by atoms with E-state index in [1.807, 2.05) is 23.6 Å². The highest BCUT2D eigenvalue weighted by atomic mass is 35.5. The van der Waals surface area contributed by atoms with E-state index >= 15 is 0 Å². The molecule has 10 heteroatoms. The molecule has 0 aliphatic carbocycles. The van der Waals surface area contributed by atoms with Crippen molar-refractivity contribution in [1.82, 2.24) is 8.87 Å². The van der Waals surface area contributed by atoms with Crippen molar-refractivity contribution >= 4 is 49.1 Å². The summed E-state index contributed by atoms with van der Waals surface area (Å²) >= 11 is 7.36. The van der Waals surface area contributed by atoms with E-state index in [4.69, 9.17) is 16.3 Å². The molecule has 0 spiro atoms. The summed E-state index contributed by atoms with van der Waals surface area (Å²) in [4.78, 5) is 18.4. The van der Waals surface area contributed by atoms with E-state index in [1.165, 1.54) is 27.8 Å². The third-order valence-electron chi connectivity index (χ3n) is 5.75. The largest absolute Gasteiger partial charge is 0.383 e. The molecule has 176 valence electrons. The zero-order valence-corrected chi connectivity index (χ0v) is 20.9. The zero-order valence-electron chi connectivity index (χ0n) is 18.5. The van der Waals surface area contributed by atoms with Gasteiger partial charge in [-0.05, 0) is 61.7 Å². The first-order chi connectivity index (χ1) is 15.8. The van der Waals surface area contributed by atoms with E-state index in [-0.39, 0.29) is 17.3 Å². The third-order valence-corrected chi connectivity index (χ3v) is 8.92. The molecule has 3 aromatic rings. The number of rotatable bonds is 6. The SMILES string of the molecule is COCCn1c(=NC(=O)C2CCCN(S(=O)(=O)c3ccc(Cl)cc3)C2)sc2cc(C)ccc21. The molecule has 0 radical (unpaired) electrons. The van der Waals surface area contributed by atoms with Crippen LogP contribution in [0.2, 0.25) is 5.02 Å². The van der Waals surface area contributed by atoms with Crippen LogP contribution in [0.25, 0.3) is 10.2 Å². The van der Waals surface area contributed by atoms with Gasteiger partial charge in [0.15, 0.2) is 4.80 Å². The van der Waals surface area contributed by atoms with E-state index in [9.17, 15) is 13.2 Å². The lowest BCUT2D eigenvalue weighted by molar-refractivity contribution is -0.122. The molecule has 1 saturated heterocycles. The summed E-state index contributed by atoms with van der Waals surface area (Å²) in [6, 6.07) is 12.2. The van der Waals surface area contributed by atoms with Crippen LogP contribution in [0, 0.1) is 12.8 Å². The molecular weight excluding hydrogens is 482 g/mol. The van der Waals surface area contributed by atoms with Gasteiger partial charge in [-0.25, -0.2) is 8.42 Å². The fourth-order valence-electron chi connectivity index (χ4n) is 3.97. The van der Waals surface area contributed by atoms with Crippen LogP contribution in [0.1, 0.15) is 18.4 Å². The first kappa shape index (κ1) is 24.1. The van der Waals surface area contributed by atoms with Crippen LogP contribution in [0.3, 0.4) is 0 Å². The molecule has 2 aromatic carbocycles. The molecule has 1 amide bonds. The van der Waals surface area contributed by atoms with Crippen molar-refractivity contribution in [2.24, 2.45) is 10.9 Å². The average molecular weight is 508 g/mol. The van der Waals surface area contributed by atoms with Crippen LogP contribution in [-0.4, -0.2) is 50.0 Å². The van der Waals surface area contributed by atoms with Crippen LogP contribution in [0.5, 0.6) is 0 Å². The number of fused-ring (bicyclic) bond motifs is 1. The quantitative estimate of drug-likeness (QED) is 0.507. The monoisotopic (exact) mass is 507 g/mol. The maximum absolute atomic E-state index is 13.1. The van der Waals surface area contributed by atoms with Gasteiger partial charge >= 0.3 is 0 Å². The van der Waals surface area contributed by atoms with Crippen molar-refractivity contribution in [2.45, 2.75) is 31.2 Å². The number of aromatic nitrogens is 1. The summed E-state index contributed by atoms with van der Waals surface area (Å²) in [7, 11) is -2.06. The zero-order chi connectivity index (χ0) is 23.6. The van der Waals surface area contributed by atoms with E-state index in [0.717, 1.165) is 15.8 Å². The molecule has 33 heavy (non-hydrogen) atoms. The number of nitrogens with zero attached hydrogens (tertiary/aromatic N) is 3. The number of halogens is 1. The topological polar surface area (TPSA) is 81.0 Å². The van der Waals surface area contributed by atoms with Gasteiger partial charge in [0.25, 0.3) is 5.91 Å². The number of hydrogen-bond acceptors (Lipinski definition) is 5. The molecule has 1 fully saturated rings. The molecule has 0 bridgehead atoms. The Hall–Kier alpha value is -2.04. The Kier molecular flexibility index (Phi) is 7.35. The number of carbonyl (C=O) groups is 1. The Morgan fingerprint density at radius 2 is 2.00 bits per heavy atom. The Labute approximate surface area is 202 Å². The highest BCUT2D eigenvalue weighted by molar-refractivity contribution is 7.89. The predicted molar refractivity (Wildman–Crippen MR) is 130 cm³/mol. The second kappa shape index (κ2) is 10.1. The highest BCUT2D eigenvalue weighted by Crippen LogP contribution is 2.26. The first-order valence-electron chi connectivity index (χ1n) is 10.7. The number of benzene rings is 2. The number of piperidine rings is 1. The lowest BCUT2D eigenvalue weighted by Crippen LogP contribution is -2.42. The number of hydrogen-bond donors (Lipinski definition) is 0. The van der Waals surface area contributed by atoms with Crippen LogP contribution in [0.15, 0.2) is 52.4 Å². The molecule has 1 aliphatic heterocycles. The van der Waals surface area contributed by atoms with Crippen LogP contribution < -0.4 is 4.80 Å². The summed E-state index contributed by atoms with van der Waals surface area (Å²) < 4.78 is 35.8. The van der Waals surface area contributed by atoms with Gasteiger partial charge in [0.05, 0.1) is 27.6 Å². The molecule has 7 nitrogen and oxygen atoms in total. The minimum Gasteiger partial charge on any atom is -0.383 e. The normalized spacial score (nSPS) is 18.2. The minimum absolute atomic E-state index is 0.120. The molecule has 1 aliphatic rings. The maximum Gasteiger partial charge on any atom is 0.252 e. The smallest absolute Gasteiger partial charge is 0.252 e. The van der Waals surface area contributed by atoms with Gasteiger partial charge in [0, 0.05) is 31.8 Å². The molecular formula is C23H26ClN3O4S2. The van der Waals surface area contributed by atoms with Crippen molar-refractivity contribution < 1.29 is 17.9 Å². The maximum atomic E-state index is 13.1. The summed E-state index contributed by atoms with van der Waals surface area (Å²) in [6.07, 6.45) is 1.21. The summed E-state index contributed by atoms with van der Waals surface area (Å²) in [6.45, 7) is 3.60. The Bertz CT molecular complexity index is 1330. The van der Waals surface area contributed by atoms with Gasteiger partial charge in [0.2, 0.25) is 10.0 Å². The number of ether oxygens (including phenoxy) is 1. The standard InChI is InChI=1S/C23H26ClN3O4S2/c1-16-5-10-20-21(14-16)32-23(27(20)12-13-31-2)25-22(28)17-4-3-11-26(15-17)33(29,30)19-8-6-18(24)7-9-19/h5-10,14,17H,3-4,11-13,15H2,1-2H3. The number of carbonyl (C=O) groups excluding carboxylic acids is 1. The molecule has 1 unspecified atom stereocenters. The molecule has 1 aromatic heterocycles. The van der Waals surface area contributed by atoms with Gasteiger partial charge in [-0.2, -0.15) is 9.30 Å². The Morgan fingerprint density at radius 3 is 2.73 bits per heavy atom. The number of aryl methyl sites for hydroxylation is 1. The molecule has 0 saturated carbocycles. The highest BCUT2D eigenvalue weighted by Gasteiger charge is 2.33. The fraction of sp³-hybridized carbons (Fsp3) is 0.391. The van der Waals surface area contributed by atoms with Gasteiger partial charge in [-0.3, -0.25) is 4.79 Å². The van der Waals surface area contributed by atoms with Crippen LogP contribution in [0.4, 0.5) is 0 Å². The molecule has 0 N–H and O–H groups in total. The Balaban J connectivity index is 1.62. The van der Waals surface area contributed by atoms with Crippen molar-refractivity contribution in [3.05, 3.63) is 57.9 Å². The molecule has 4 rings (SSSR count). The lowest BCUT2D eigenvalue weighted by atomic mass is 9.99. The van der Waals surface area contributed by atoms with Crippen molar-refractivity contribution in [3.63, 3.8) is 0 Å². The minimum atomic E-state index is -3.70. The second-order valence-electron chi connectivity index (χ2n) is 8.11. The summed E-state index contributed by atoms with van der Waals surface area (Å²) in [5, 5.41) is 0.472. The van der Waals surface area contributed by atoms with Crippen molar-refractivity contribution in [1.29, 1.82) is 0 Å². The molecule has 2 heterocycles. The van der Waals surface area contributed by atoms with Gasteiger partial charge in [-0.15, -0.1) is 0 Å². The first-order valence-corrected chi connectivity index (χ1v) is 13.4. The van der Waals surface area contributed by atoms with E-state index in [2.05, 4.69) is 11.1 Å². The lowest BCUT2D eigenvalue weighted by Gasteiger charge is -2.30. The van der Waals surface area contributed by atoms with Crippen molar-refractivity contribution in [2.75, 3.05) is 26.8 Å². The average Bonchev–Trinajstić information content (AvgIpc) is 3.13.